The summed E-state index contributed by atoms with van der Waals surface area (Å²) >= 11 is 0. The van der Waals surface area contributed by atoms with E-state index < -0.39 is 35.2 Å². The Kier molecular flexibility index (Phi) is 11.2. The van der Waals surface area contributed by atoms with Crippen molar-refractivity contribution in [3.05, 3.63) is 35.1 Å². The lowest BCUT2D eigenvalue weighted by Gasteiger charge is -2.19. The second-order valence-corrected chi connectivity index (χ2v) is 7.24. The molecule has 0 saturated heterocycles. The number of carbonyl (C=O) groups excluding carboxylic acids is 1. The van der Waals surface area contributed by atoms with Crippen LogP contribution < -0.4 is 0 Å². The number of hydrogen-bond donors (Lipinski definition) is 0. The van der Waals surface area contributed by atoms with Crippen molar-refractivity contribution in [2.24, 2.45) is 0 Å². The van der Waals surface area contributed by atoms with E-state index in [9.17, 15) is 22.4 Å². The van der Waals surface area contributed by atoms with E-state index in [1.165, 1.54) is 32.1 Å². The van der Waals surface area contributed by atoms with Crippen molar-refractivity contribution in [2.75, 3.05) is 0 Å². The monoisotopic (exact) mass is 404 g/mol. The Morgan fingerprint density at radius 2 is 1.54 bits per heavy atom. The van der Waals surface area contributed by atoms with Crippen molar-refractivity contribution >= 4 is 5.97 Å². The molecule has 1 atom stereocenters. The van der Waals surface area contributed by atoms with Gasteiger partial charge in [0.2, 0.25) is 0 Å². The van der Waals surface area contributed by atoms with E-state index in [2.05, 4.69) is 6.92 Å². The number of alkyl halides is 3. The standard InChI is InChI=1S/C22H32F4O2/c1-3-5-6-7-8-9-10-11-14-17(13-4-2)28-21(27)20-18(22(24,25)26)15-12-16-19(20)23/h12,15-17H,3-11,13-14H2,1-2H3. The number of halogens is 4. The maximum absolute atomic E-state index is 13.9. The summed E-state index contributed by atoms with van der Waals surface area (Å²) in [5.41, 5.74) is -2.31. The number of carbonyl (C=O) groups is 1. The Hall–Kier alpha value is -1.59. The molecule has 0 amide bonds. The first-order chi connectivity index (χ1) is 13.3. The van der Waals surface area contributed by atoms with Gasteiger partial charge in [-0.1, -0.05) is 71.3 Å². The third kappa shape index (κ3) is 8.61. The zero-order chi connectivity index (χ0) is 21.0. The quantitative estimate of drug-likeness (QED) is 0.191. The van der Waals surface area contributed by atoms with Gasteiger partial charge >= 0.3 is 12.1 Å². The minimum Gasteiger partial charge on any atom is -0.459 e. The van der Waals surface area contributed by atoms with Gasteiger partial charge in [-0.15, -0.1) is 0 Å². The van der Waals surface area contributed by atoms with Crippen molar-refractivity contribution in [2.45, 2.75) is 96.8 Å². The Balaban J connectivity index is 2.59. The van der Waals surface area contributed by atoms with Crippen molar-refractivity contribution in [1.82, 2.24) is 0 Å². The van der Waals surface area contributed by atoms with Crippen LogP contribution in [0.3, 0.4) is 0 Å². The predicted molar refractivity (Wildman–Crippen MR) is 103 cm³/mol. The normalized spacial score (nSPS) is 12.8. The highest BCUT2D eigenvalue weighted by Gasteiger charge is 2.37. The second-order valence-electron chi connectivity index (χ2n) is 7.24. The van der Waals surface area contributed by atoms with Crippen LogP contribution in [0.2, 0.25) is 0 Å². The summed E-state index contributed by atoms with van der Waals surface area (Å²) in [6, 6.07) is 2.49. The summed E-state index contributed by atoms with van der Waals surface area (Å²) in [6.45, 7) is 4.09. The maximum atomic E-state index is 13.9. The van der Waals surface area contributed by atoms with Gasteiger partial charge in [0.1, 0.15) is 17.5 Å². The van der Waals surface area contributed by atoms with Crippen LogP contribution in [0, 0.1) is 5.82 Å². The lowest BCUT2D eigenvalue weighted by atomic mass is 10.0. The van der Waals surface area contributed by atoms with Gasteiger partial charge < -0.3 is 4.74 Å². The van der Waals surface area contributed by atoms with Crippen LogP contribution in [0.4, 0.5) is 17.6 Å². The van der Waals surface area contributed by atoms with E-state index in [4.69, 9.17) is 4.74 Å². The fourth-order valence-electron chi connectivity index (χ4n) is 3.27. The molecule has 0 spiro atoms. The largest absolute Gasteiger partial charge is 0.459 e. The Labute approximate surface area is 165 Å². The molecule has 0 aliphatic rings. The number of esters is 1. The van der Waals surface area contributed by atoms with Gasteiger partial charge in [-0.3, -0.25) is 0 Å². The Morgan fingerprint density at radius 1 is 0.929 bits per heavy atom. The molecule has 0 fully saturated rings. The van der Waals surface area contributed by atoms with Gasteiger partial charge in [-0.25, -0.2) is 9.18 Å². The smallest absolute Gasteiger partial charge is 0.417 e. The van der Waals surface area contributed by atoms with E-state index >= 15 is 0 Å². The van der Waals surface area contributed by atoms with Crippen LogP contribution in [0.1, 0.15) is 100 Å². The predicted octanol–water partition coefficient (Wildman–Crippen LogP) is 7.70. The van der Waals surface area contributed by atoms with Gasteiger partial charge in [0, 0.05) is 0 Å². The van der Waals surface area contributed by atoms with Crippen LogP contribution in [0.25, 0.3) is 0 Å². The Bertz CT molecular complexity index is 584. The molecular formula is C22H32F4O2. The average molecular weight is 404 g/mol. The van der Waals surface area contributed by atoms with Crippen LogP contribution in [0.5, 0.6) is 0 Å². The van der Waals surface area contributed by atoms with Crippen LogP contribution in [0.15, 0.2) is 18.2 Å². The van der Waals surface area contributed by atoms with E-state index in [-0.39, 0.29) is 0 Å². The molecule has 0 aliphatic carbocycles. The molecule has 6 heteroatoms. The zero-order valence-corrected chi connectivity index (χ0v) is 16.9. The third-order valence-electron chi connectivity index (χ3n) is 4.79. The lowest BCUT2D eigenvalue weighted by molar-refractivity contribution is -0.138. The molecule has 1 aromatic rings. The highest BCUT2D eigenvalue weighted by atomic mass is 19.4. The molecule has 1 unspecified atom stereocenters. The highest BCUT2D eigenvalue weighted by Crippen LogP contribution is 2.33. The molecule has 1 aromatic carbocycles. The molecule has 28 heavy (non-hydrogen) atoms. The number of ether oxygens (including phenoxy) is 1. The van der Waals surface area contributed by atoms with E-state index in [0.29, 0.717) is 18.9 Å². The van der Waals surface area contributed by atoms with Gasteiger partial charge in [0.15, 0.2) is 0 Å². The van der Waals surface area contributed by atoms with Crippen molar-refractivity contribution in [3.63, 3.8) is 0 Å². The van der Waals surface area contributed by atoms with E-state index in [1.807, 2.05) is 6.92 Å². The summed E-state index contributed by atoms with van der Waals surface area (Å²) in [5.74, 6) is -2.44. The number of rotatable bonds is 13. The van der Waals surface area contributed by atoms with Crippen LogP contribution in [-0.2, 0) is 10.9 Å². The first-order valence-corrected chi connectivity index (χ1v) is 10.4. The molecule has 0 saturated carbocycles. The van der Waals surface area contributed by atoms with E-state index in [0.717, 1.165) is 37.8 Å². The molecule has 160 valence electrons. The minimum atomic E-state index is -4.81. The first kappa shape index (κ1) is 24.4. The van der Waals surface area contributed by atoms with Crippen molar-refractivity contribution < 1.29 is 27.1 Å². The zero-order valence-electron chi connectivity index (χ0n) is 16.9. The summed E-state index contributed by atoms with van der Waals surface area (Å²) in [7, 11) is 0. The number of unbranched alkanes of at least 4 members (excludes halogenated alkanes) is 7. The van der Waals surface area contributed by atoms with Crippen molar-refractivity contribution in [1.29, 1.82) is 0 Å². The molecule has 0 N–H and O–H groups in total. The summed E-state index contributed by atoms with van der Waals surface area (Å²) in [6.07, 6.45) is 5.61. The topological polar surface area (TPSA) is 26.3 Å². The maximum Gasteiger partial charge on any atom is 0.417 e. The van der Waals surface area contributed by atoms with Crippen molar-refractivity contribution in [3.8, 4) is 0 Å². The molecule has 0 heterocycles. The molecule has 0 aromatic heterocycles. The molecule has 0 radical (unpaired) electrons. The molecule has 0 bridgehead atoms. The summed E-state index contributed by atoms with van der Waals surface area (Å²) in [5, 5.41) is 0. The minimum absolute atomic E-state index is 0.488. The lowest BCUT2D eigenvalue weighted by Crippen LogP contribution is -2.22. The fraction of sp³-hybridized carbons (Fsp3) is 0.682. The number of hydrogen-bond acceptors (Lipinski definition) is 2. The van der Waals surface area contributed by atoms with Gasteiger partial charge in [-0.05, 0) is 31.4 Å². The Morgan fingerprint density at radius 3 is 2.11 bits per heavy atom. The second kappa shape index (κ2) is 12.8. The van der Waals surface area contributed by atoms with Gasteiger partial charge in [0.25, 0.3) is 0 Å². The average Bonchev–Trinajstić information content (AvgIpc) is 2.63. The van der Waals surface area contributed by atoms with Crippen LogP contribution >= 0.6 is 0 Å². The molecule has 2 nitrogen and oxygen atoms in total. The summed E-state index contributed by atoms with van der Waals surface area (Å²) in [4.78, 5) is 12.3. The van der Waals surface area contributed by atoms with Gasteiger partial charge in [0.05, 0.1) is 5.56 Å². The SMILES string of the molecule is CCCCCCCCCCC(CCC)OC(=O)c1c(F)cccc1C(F)(F)F. The highest BCUT2D eigenvalue weighted by molar-refractivity contribution is 5.91. The molecule has 0 aliphatic heterocycles. The number of benzene rings is 1. The van der Waals surface area contributed by atoms with Gasteiger partial charge in [-0.2, -0.15) is 13.2 Å². The van der Waals surface area contributed by atoms with E-state index in [1.54, 1.807) is 0 Å². The van der Waals surface area contributed by atoms with Crippen LogP contribution in [-0.4, -0.2) is 12.1 Å². The fourth-order valence-corrected chi connectivity index (χ4v) is 3.27. The third-order valence-corrected chi connectivity index (χ3v) is 4.79. The molecular weight excluding hydrogens is 372 g/mol. The summed E-state index contributed by atoms with van der Waals surface area (Å²) < 4.78 is 58.5. The molecule has 1 rings (SSSR count). The first-order valence-electron chi connectivity index (χ1n) is 10.4.